The number of anilines is 1. The molecule has 0 saturated heterocycles. The van der Waals surface area contributed by atoms with Gasteiger partial charge in [0.2, 0.25) is 5.91 Å². The van der Waals surface area contributed by atoms with Crippen molar-refractivity contribution in [3.63, 3.8) is 0 Å². The third-order valence-electron chi connectivity index (χ3n) is 4.96. The number of carbonyl (C=O) groups excluding carboxylic acids is 3. The Morgan fingerprint density at radius 3 is 2.42 bits per heavy atom. The summed E-state index contributed by atoms with van der Waals surface area (Å²) in [5.74, 6) is -1.64. The highest BCUT2D eigenvalue weighted by atomic mass is 32.1. The Balaban J connectivity index is 2.22. The largest absolute Gasteiger partial charge is 0.462 e. The topological polar surface area (TPSA) is 128 Å². The van der Waals surface area contributed by atoms with Gasteiger partial charge in [-0.05, 0) is 45.9 Å². The quantitative estimate of drug-likeness (QED) is 0.309. The Hall–Kier alpha value is -3.31. The Kier molecular flexibility index (Phi) is 9.06. The maximum absolute atomic E-state index is 12.8. The molecule has 0 fully saturated rings. The van der Waals surface area contributed by atoms with Gasteiger partial charge in [0.15, 0.2) is 0 Å². The van der Waals surface area contributed by atoms with Crippen LogP contribution in [0.1, 0.15) is 58.0 Å². The minimum atomic E-state index is -0.643. The number of hydrogen-bond donors (Lipinski definition) is 1. The molecule has 2 rings (SSSR count). The third-order valence-corrected chi connectivity index (χ3v) is 6.15. The SMILES string of the molecule is CCOC(=O)c1sc(NC(=O)CN(C)C(C)c2cccc([N+](=O)[O-])c2)c(C(=O)OCC)c1C. The predicted octanol–water partition coefficient (Wildman–Crippen LogP) is 3.95. The number of non-ortho nitro benzene ring substituents is 1. The van der Waals surface area contributed by atoms with Crippen molar-refractivity contribution in [2.45, 2.75) is 33.7 Å². The second-order valence-electron chi connectivity index (χ2n) is 7.19. The molecule has 0 saturated carbocycles. The minimum Gasteiger partial charge on any atom is -0.462 e. The van der Waals surface area contributed by atoms with Gasteiger partial charge < -0.3 is 14.8 Å². The Morgan fingerprint density at radius 2 is 1.82 bits per heavy atom. The van der Waals surface area contributed by atoms with Crippen LogP contribution in [-0.4, -0.2) is 54.5 Å². The summed E-state index contributed by atoms with van der Waals surface area (Å²) >= 11 is 0.953. The fraction of sp³-hybridized carbons (Fsp3) is 0.409. The van der Waals surface area contributed by atoms with Crippen molar-refractivity contribution in [1.29, 1.82) is 0 Å². The van der Waals surface area contributed by atoms with Crippen LogP contribution < -0.4 is 5.32 Å². The normalized spacial score (nSPS) is 11.7. The van der Waals surface area contributed by atoms with Gasteiger partial charge in [-0.3, -0.25) is 19.8 Å². The van der Waals surface area contributed by atoms with E-state index in [2.05, 4.69) is 5.32 Å². The van der Waals surface area contributed by atoms with Crippen molar-refractivity contribution in [3.8, 4) is 0 Å². The lowest BCUT2D eigenvalue weighted by atomic mass is 10.1. The molecule has 1 atom stereocenters. The van der Waals surface area contributed by atoms with E-state index in [1.54, 1.807) is 44.9 Å². The molecular weight excluding hydrogens is 450 g/mol. The van der Waals surface area contributed by atoms with Gasteiger partial charge in [-0.1, -0.05) is 12.1 Å². The highest BCUT2D eigenvalue weighted by molar-refractivity contribution is 7.18. The van der Waals surface area contributed by atoms with E-state index in [9.17, 15) is 24.5 Å². The molecular formula is C22H27N3O7S. The van der Waals surface area contributed by atoms with Gasteiger partial charge in [-0.25, -0.2) is 9.59 Å². The number of likely N-dealkylation sites (N-methyl/N-ethyl adjacent to an activating group) is 1. The van der Waals surface area contributed by atoms with Crippen molar-refractivity contribution >= 4 is 39.9 Å². The smallest absolute Gasteiger partial charge is 0.348 e. The van der Waals surface area contributed by atoms with E-state index in [0.29, 0.717) is 11.1 Å². The summed E-state index contributed by atoms with van der Waals surface area (Å²) in [4.78, 5) is 50.0. The van der Waals surface area contributed by atoms with Crippen LogP contribution >= 0.6 is 11.3 Å². The van der Waals surface area contributed by atoms with Crippen LogP contribution in [0.4, 0.5) is 10.7 Å². The van der Waals surface area contributed by atoms with Gasteiger partial charge in [0.1, 0.15) is 9.88 Å². The van der Waals surface area contributed by atoms with Crippen molar-refractivity contribution < 1.29 is 28.8 Å². The number of rotatable bonds is 10. The number of nitro groups is 1. The molecule has 0 aliphatic carbocycles. The summed E-state index contributed by atoms with van der Waals surface area (Å²) in [5.41, 5.74) is 1.15. The molecule has 1 heterocycles. The molecule has 0 radical (unpaired) electrons. The van der Waals surface area contributed by atoms with Crippen LogP contribution in [0.25, 0.3) is 0 Å². The first-order valence-corrected chi connectivity index (χ1v) is 11.1. The molecule has 178 valence electrons. The molecule has 2 aromatic rings. The molecule has 10 nitrogen and oxygen atoms in total. The molecule has 0 spiro atoms. The van der Waals surface area contributed by atoms with Gasteiger partial charge in [0, 0.05) is 18.2 Å². The average Bonchev–Trinajstić information content (AvgIpc) is 3.09. The van der Waals surface area contributed by atoms with Crippen LogP contribution in [0.15, 0.2) is 24.3 Å². The number of nitrogens with zero attached hydrogens (tertiary/aromatic N) is 2. The molecule has 1 N–H and O–H groups in total. The second kappa shape index (κ2) is 11.5. The summed E-state index contributed by atoms with van der Waals surface area (Å²) in [7, 11) is 1.71. The summed E-state index contributed by atoms with van der Waals surface area (Å²) in [5, 5.41) is 13.9. The fourth-order valence-corrected chi connectivity index (χ4v) is 4.23. The van der Waals surface area contributed by atoms with E-state index in [1.165, 1.54) is 12.1 Å². The number of carbonyl (C=O) groups is 3. The number of esters is 2. The van der Waals surface area contributed by atoms with E-state index < -0.39 is 22.8 Å². The zero-order valence-corrected chi connectivity index (χ0v) is 20.0. The Bertz CT molecular complexity index is 1050. The van der Waals surface area contributed by atoms with Crippen LogP contribution in [0, 0.1) is 17.0 Å². The van der Waals surface area contributed by atoms with Gasteiger partial charge >= 0.3 is 11.9 Å². The maximum atomic E-state index is 12.8. The summed E-state index contributed by atoms with van der Waals surface area (Å²) in [6.45, 7) is 7.01. The van der Waals surface area contributed by atoms with Gasteiger partial charge in [0.05, 0.1) is 30.2 Å². The van der Waals surface area contributed by atoms with Crippen LogP contribution in [-0.2, 0) is 14.3 Å². The predicted molar refractivity (Wildman–Crippen MR) is 124 cm³/mol. The lowest BCUT2D eigenvalue weighted by Crippen LogP contribution is -2.32. The first-order chi connectivity index (χ1) is 15.6. The third kappa shape index (κ3) is 6.36. The molecule has 1 aromatic carbocycles. The molecule has 0 aliphatic rings. The number of nitro benzene ring substituents is 1. The first kappa shape index (κ1) is 25.9. The highest BCUT2D eigenvalue weighted by Crippen LogP contribution is 2.34. The van der Waals surface area contributed by atoms with E-state index in [0.717, 1.165) is 11.3 Å². The standard InChI is InChI=1S/C22H27N3O7S/c1-6-31-21(27)18-13(3)19(22(28)32-7-2)33-20(18)23-17(26)12-24(5)14(4)15-9-8-10-16(11-15)25(29)30/h8-11,14H,6-7,12H2,1-5H3,(H,23,26). The number of amides is 1. The number of hydrogen-bond acceptors (Lipinski definition) is 9. The zero-order chi connectivity index (χ0) is 24.7. The summed E-state index contributed by atoms with van der Waals surface area (Å²) in [6.07, 6.45) is 0. The second-order valence-corrected chi connectivity index (χ2v) is 8.21. The minimum absolute atomic E-state index is 0.0307. The number of thiophene rings is 1. The summed E-state index contributed by atoms with van der Waals surface area (Å²) < 4.78 is 10.1. The lowest BCUT2D eigenvalue weighted by molar-refractivity contribution is -0.384. The van der Waals surface area contributed by atoms with Crippen molar-refractivity contribution in [3.05, 3.63) is 55.9 Å². The van der Waals surface area contributed by atoms with Crippen molar-refractivity contribution in [2.75, 3.05) is 32.1 Å². The van der Waals surface area contributed by atoms with Gasteiger partial charge in [-0.2, -0.15) is 0 Å². The summed E-state index contributed by atoms with van der Waals surface area (Å²) in [6, 6.07) is 5.92. The molecule has 0 aliphatic heterocycles. The number of nitrogens with one attached hydrogen (secondary N) is 1. The number of benzene rings is 1. The maximum Gasteiger partial charge on any atom is 0.348 e. The highest BCUT2D eigenvalue weighted by Gasteiger charge is 2.28. The van der Waals surface area contributed by atoms with E-state index in [-0.39, 0.29) is 46.9 Å². The molecule has 11 heteroatoms. The molecule has 1 aromatic heterocycles. The van der Waals surface area contributed by atoms with Crippen LogP contribution in [0.5, 0.6) is 0 Å². The Morgan fingerprint density at radius 1 is 1.18 bits per heavy atom. The van der Waals surface area contributed by atoms with Crippen LogP contribution in [0.2, 0.25) is 0 Å². The van der Waals surface area contributed by atoms with Crippen LogP contribution in [0.3, 0.4) is 0 Å². The van der Waals surface area contributed by atoms with Gasteiger partial charge in [-0.15, -0.1) is 11.3 Å². The van der Waals surface area contributed by atoms with Crippen molar-refractivity contribution in [2.24, 2.45) is 0 Å². The molecule has 0 bridgehead atoms. The van der Waals surface area contributed by atoms with E-state index in [4.69, 9.17) is 9.47 Å². The molecule has 1 amide bonds. The van der Waals surface area contributed by atoms with Crippen molar-refractivity contribution in [1.82, 2.24) is 4.90 Å². The Labute approximate surface area is 195 Å². The number of ether oxygens (including phenoxy) is 2. The lowest BCUT2D eigenvalue weighted by Gasteiger charge is -2.24. The zero-order valence-electron chi connectivity index (χ0n) is 19.2. The van der Waals surface area contributed by atoms with E-state index in [1.807, 2.05) is 6.92 Å². The van der Waals surface area contributed by atoms with Gasteiger partial charge in [0.25, 0.3) is 5.69 Å². The first-order valence-electron chi connectivity index (χ1n) is 10.3. The average molecular weight is 478 g/mol. The van der Waals surface area contributed by atoms with E-state index >= 15 is 0 Å². The fourth-order valence-electron chi connectivity index (χ4n) is 3.12. The molecule has 1 unspecified atom stereocenters. The monoisotopic (exact) mass is 477 g/mol. The molecule has 33 heavy (non-hydrogen) atoms.